The summed E-state index contributed by atoms with van der Waals surface area (Å²) < 4.78 is 10.1. The third kappa shape index (κ3) is 6.69. The number of carboxylic acid groups (broad SMARTS) is 1. The minimum atomic E-state index is -0.977. The number of aldehydes is 1. The van der Waals surface area contributed by atoms with Crippen LogP contribution in [0.1, 0.15) is 68.7 Å². The first kappa shape index (κ1) is 35.0. The molecule has 252 valence electrons. The first-order valence-corrected chi connectivity index (χ1v) is 16.9. The predicted octanol–water partition coefficient (Wildman–Crippen LogP) is 9.02. The van der Waals surface area contributed by atoms with E-state index in [9.17, 15) is 14.7 Å². The van der Waals surface area contributed by atoms with E-state index in [4.69, 9.17) is 27.9 Å². The number of nitrogens with zero attached hydrogens (tertiary/aromatic N) is 4. The topological polar surface area (TPSA) is 89.6 Å². The van der Waals surface area contributed by atoms with Crippen LogP contribution in [0.4, 0.5) is 5.69 Å². The summed E-state index contributed by atoms with van der Waals surface area (Å²) in [4.78, 5) is 26.9. The molecule has 0 saturated carbocycles. The van der Waals surface area contributed by atoms with E-state index < -0.39 is 5.97 Å². The first-order valence-electron chi connectivity index (χ1n) is 16.1. The largest absolute Gasteiger partial charge is 0.494 e. The number of ether oxygens (including phenoxy) is 1. The average molecular weight is 690 g/mol. The zero-order valence-corrected chi connectivity index (χ0v) is 30.0. The van der Waals surface area contributed by atoms with E-state index in [-0.39, 0.29) is 11.6 Å². The molecule has 3 aromatic carbocycles. The van der Waals surface area contributed by atoms with E-state index in [0.29, 0.717) is 36.7 Å². The van der Waals surface area contributed by atoms with Crippen LogP contribution in [0, 0.1) is 27.7 Å². The van der Waals surface area contributed by atoms with Crippen molar-refractivity contribution in [3.63, 3.8) is 0 Å². The van der Waals surface area contributed by atoms with Crippen molar-refractivity contribution < 1.29 is 19.4 Å². The fourth-order valence-corrected chi connectivity index (χ4v) is 7.06. The van der Waals surface area contributed by atoms with Gasteiger partial charge in [0.25, 0.3) is 0 Å². The highest BCUT2D eigenvalue weighted by Crippen LogP contribution is 2.42. The molecule has 5 aromatic rings. The second kappa shape index (κ2) is 14.5. The molecule has 0 bridgehead atoms. The maximum absolute atomic E-state index is 13.1. The molecule has 1 atom stereocenters. The second-order valence-corrected chi connectivity index (χ2v) is 13.2. The van der Waals surface area contributed by atoms with Crippen molar-refractivity contribution in [3.8, 4) is 16.9 Å². The summed E-state index contributed by atoms with van der Waals surface area (Å²) >= 11 is 13.4. The Morgan fingerprint density at radius 1 is 1.06 bits per heavy atom. The Labute approximate surface area is 291 Å². The molecular formula is C38H42Cl2N4O4. The highest BCUT2D eigenvalue weighted by molar-refractivity contribution is 6.35. The Kier molecular flexibility index (Phi) is 10.6. The molecule has 8 nitrogen and oxygen atoms in total. The second-order valence-electron chi connectivity index (χ2n) is 12.4. The maximum atomic E-state index is 13.1. The van der Waals surface area contributed by atoms with Gasteiger partial charge >= 0.3 is 5.97 Å². The number of anilines is 1. The molecule has 0 aliphatic heterocycles. The molecule has 0 spiro atoms. The summed E-state index contributed by atoms with van der Waals surface area (Å²) in [6.07, 6.45) is 2.99. The van der Waals surface area contributed by atoms with Crippen LogP contribution in [0.2, 0.25) is 10.0 Å². The molecule has 48 heavy (non-hydrogen) atoms. The molecule has 10 heteroatoms. The number of aromatic nitrogens is 3. The van der Waals surface area contributed by atoms with Crippen LogP contribution >= 0.6 is 23.2 Å². The lowest BCUT2D eigenvalue weighted by Gasteiger charge is -2.31. The third-order valence-electron chi connectivity index (χ3n) is 9.36. The van der Waals surface area contributed by atoms with Crippen LogP contribution < -0.4 is 9.64 Å². The summed E-state index contributed by atoms with van der Waals surface area (Å²) in [6.45, 7) is 11.0. The summed E-state index contributed by atoms with van der Waals surface area (Å²) in [5.74, 6) is -0.209. The summed E-state index contributed by atoms with van der Waals surface area (Å²) in [7, 11) is 3.88. The van der Waals surface area contributed by atoms with Gasteiger partial charge in [-0.2, -0.15) is 5.10 Å². The Hall–Kier alpha value is -4.27. The Bertz CT molecular complexity index is 1990. The number of likely N-dealkylation sites (N-methyl/N-ethyl adjacent to an activating group) is 1. The van der Waals surface area contributed by atoms with Gasteiger partial charge in [0.15, 0.2) is 6.29 Å². The van der Waals surface area contributed by atoms with Crippen molar-refractivity contribution in [3.05, 3.63) is 97.9 Å². The number of aryl methyl sites for hydroxylation is 5. The van der Waals surface area contributed by atoms with Gasteiger partial charge in [-0.25, -0.2) is 4.79 Å². The maximum Gasteiger partial charge on any atom is 0.335 e. The molecule has 5 rings (SSSR count). The highest BCUT2D eigenvalue weighted by Gasteiger charge is 2.27. The smallest absolute Gasteiger partial charge is 0.335 e. The van der Waals surface area contributed by atoms with Crippen LogP contribution in [0.5, 0.6) is 5.75 Å². The number of aromatic carboxylic acids is 1. The highest BCUT2D eigenvalue weighted by atomic mass is 35.5. The molecule has 0 fully saturated rings. The number of carbonyl (C=O) groups excluding carboxylic acids is 1. The zero-order valence-electron chi connectivity index (χ0n) is 28.5. The van der Waals surface area contributed by atoms with Gasteiger partial charge < -0.3 is 19.3 Å². The Balaban J connectivity index is 1.60. The molecule has 0 saturated heterocycles. The number of hydrogen-bond acceptors (Lipinski definition) is 5. The minimum absolute atomic E-state index is 0.0705. The van der Waals surface area contributed by atoms with Gasteiger partial charge in [-0.1, -0.05) is 42.3 Å². The van der Waals surface area contributed by atoms with Gasteiger partial charge in [0.1, 0.15) is 5.75 Å². The molecule has 0 aliphatic carbocycles. The van der Waals surface area contributed by atoms with Crippen molar-refractivity contribution >= 4 is 52.0 Å². The lowest BCUT2D eigenvalue weighted by molar-refractivity contribution is 0.0696. The number of carbonyl (C=O) groups is 2. The molecule has 0 amide bonds. The van der Waals surface area contributed by atoms with E-state index in [1.165, 1.54) is 0 Å². The van der Waals surface area contributed by atoms with Crippen molar-refractivity contribution in [2.45, 2.75) is 66.5 Å². The van der Waals surface area contributed by atoms with Gasteiger partial charge in [-0.3, -0.25) is 9.48 Å². The number of hydrogen-bond donors (Lipinski definition) is 1. The van der Waals surface area contributed by atoms with Gasteiger partial charge in [-0.05, 0) is 100 Å². The van der Waals surface area contributed by atoms with Crippen LogP contribution in [0.15, 0.2) is 48.5 Å². The number of fused-ring (bicyclic) bond motifs is 1. The normalized spacial score (nSPS) is 12.0. The Morgan fingerprint density at radius 3 is 2.38 bits per heavy atom. The number of rotatable bonds is 13. The van der Waals surface area contributed by atoms with Gasteiger partial charge in [0.2, 0.25) is 0 Å². The van der Waals surface area contributed by atoms with E-state index in [1.807, 2.05) is 76.8 Å². The van der Waals surface area contributed by atoms with E-state index >= 15 is 0 Å². The van der Waals surface area contributed by atoms with Gasteiger partial charge in [0.05, 0.1) is 34.1 Å². The zero-order chi connectivity index (χ0) is 34.9. The summed E-state index contributed by atoms with van der Waals surface area (Å²) in [6, 6.07) is 14.7. The van der Waals surface area contributed by atoms with Crippen LogP contribution in [0.3, 0.4) is 0 Å². The fraction of sp³-hybridized carbons (Fsp3) is 0.342. The van der Waals surface area contributed by atoms with Gasteiger partial charge in [0, 0.05) is 59.6 Å². The van der Waals surface area contributed by atoms with Crippen molar-refractivity contribution in [2.75, 3.05) is 18.6 Å². The van der Waals surface area contributed by atoms with Crippen molar-refractivity contribution in [2.24, 2.45) is 7.05 Å². The Morgan fingerprint density at radius 2 is 1.77 bits per heavy atom. The molecular weight excluding hydrogens is 647 g/mol. The molecule has 2 heterocycles. The van der Waals surface area contributed by atoms with E-state index in [1.54, 1.807) is 18.2 Å². The van der Waals surface area contributed by atoms with E-state index in [0.717, 1.165) is 79.3 Å². The van der Waals surface area contributed by atoms with Crippen molar-refractivity contribution in [1.29, 1.82) is 0 Å². The van der Waals surface area contributed by atoms with Crippen LogP contribution in [0.25, 0.3) is 22.0 Å². The number of halogens is 2. The lowest BCUT2D eigenvalue weighted by atomic mass is 9.98. The molecule has 0 radical (unpaired) electrons. The number of carboxylic acids is 1. The minimum Gasteiger partial charge on any atom is -0.494 e. The summed E-state index contributed by atoms with van der Waals surface area (Å²) in [5.41, 5.74) is 8.97. The molecule has 1 unspecified atom stereocenters. The SMILES string of the molecule is CCC(Cn1c(C=O)c(CCCOc2cc(C)c(Cl)c(C)c2)c2ccc(Cl)c(-c3c(C)nn(C)c3C)c21)N(C)c1cccc(C(=O)O)c1. The predicted molar refractivity (Wildman–Crippen MR) is 195 cm³/mol. The monoisotopic (exact) mass is 688 g/mol. The van der Waals surface area contributed by atoms with Crippen molar-refractivity contribution in [1.82, 2.24) is 14.3 Å². The average Bonchev–Trinajstić information content (AvgIpc) is 3.50. The summed E-state index contributed by atoms with van der Waals surface area (Å²) in [5, 5.41) is 16.6. The molecule has 0 aliphatic rings. The van der Waals surface area contributed by atoms with Crippen LogP contribution in [-0.4, -0.2) is 51.4 Å². The van der Waals surface area contributed by atoms with Crippen LogP contribution in [-0.2, 0) is 20.0 Å². The quantitative estimate of drug-likeness (QED) is 0.0981. The fourth-order valence-electron chi connectivity index (χ4n) is 6.71. The molecule has 1 N–H and O–H groups in total. The first-order chi connectivity index (χ1) is 22.9. The number of benzene rings is 3. The third-order valence-corrected chi connectivity index (χ3v) is 10.3. The standard InChI is InChI=1S/C38H42Cl2N4O4/c1-8-27(42(6)28-12-9-11-26(19-28)38(46)47)20-44-33(21-45)30(13-10-16-48-29-17-22(2)36(40)23(3)18-29)31-14-15-32(39)35(37(31)44)34-24(4)41-43(7)25(34)5/h9,11-12,14-15,17-19,21,27H,8,10,13,16,20H2,1-7H3,(H,46,47). The lowest BCUT2D eigenvalue weighted by Crippen LogP contribution is -2.35. The van der Waals surface area contributed by atoms with Gasteiger partial charge in [-0.15, -0.1) is 0 Å². The molecule has 2 aromatic heterocycles. The van der Waals surface area contributed by atoms with E-state index in [2.05, 4.69) is 21.5 Å².